The summed E-state index contributed by atoms with van der Waals surface area (Å²) in [6.45, 7) is 4.19. The number of nitrogens with two attached hydrogens (primary N) is 4. The highest BCUT2D eigenvalue weighted by molar-refractivity contribution is 6.05. The van der Waals surface area contributed by atoms with Gasteiger partial charge in [0, 0.05) is 67.7 Å². The number of aromatic hydroxyl groups is 1. The maximum Gasteiger partial charge on any atom is 0.255 e. The molecule has 0 radical (unpaired) electrons. The van der Waals surface area contributed by atoms with Gasteiger partial charge in [-0.25, -0.2) is 0 Å². The van der Waals surface area contributed by atoms with Crippen molar-refractivity contribution in [3.63, 3.8) is 0 Å². The third kappa shape index (κ3) is 6.57. The van der Waals surface area contributed by atoms with E-state index >= 15 is 0 Å². The van der Waals surface area contributed by atoms with Crippen molar-refractivity contribution in [1.82, 2.24) is 15.0 Å². The lowest BCUT2D eigenvalue weighted by Gasteiger charge is -2.37. The number of aryl methyl sites for hydroxylation is 1. The highest BCUT2D eigenvalue weighted by atomic mass is 16.3. The van der Waals surface area contributed by atoms with Gasteiger partial charge < -0.3 is 48.5 Å². The normalized spacial score (nSPS) is 23.1. The van der Waals surface area contributed by atoms with Crippen LogP contribution in [0.15, 0.2) is 42.5 Å². The van der Waals surface area contributed by atoms with Gasteiger partial charge in [0.15, 0.2) is 0 Å². The van der Waals surface area contributed by atoms with Crippen LogP contribution in [0.3, 0.4) is 0 Å². The molecule has 2 aliphatic rings. The first-order valence-corrected chi connectivity index (χ1v) is 13.4. The van der Waals surface area contributed by atoms with Crippen LogP contribution in [-0.2, 0) is 0 Å². The van der Waals surface area contributed by atoms with Crippen molar-refractivity contribution in [2.45, 2.75) is 43.9 Å². The number of anilines is 5. The minimum absolute atomic E-state index is 0.100. The van der Waals surface area contributed by atoms with E-state index in [9.17, 15) is 9.90 Å². The molecule has 3 heterocycles. The number of carbonyl (C=O) groups excluding carboxylic acids is 1. The lowest BCUT2D eigenvalue weighted by Crippen LogP contribution is -2.54. The molecule has 2 saturated heterocycles. The van der Waals surface area contributed by atoms with Gasteiger partial charge in [-0.05, 0) is 44.0 Å². The molecular formula is C27H37N11O2. The monoisotopic (exact) mass is 547 g/mol. The second-order valence-electron chi connectivity index (χ2n) is 10.8. The number of amides is 1. The Balaban J connectivity index is 1.39. The van der Waals surface area contributed by atoms with E-state index in [1.807, 2.05) is 28.9 Å². The summed E-state index contributed by atoms with van der Waals surface area (Å²) in [5.41, 5.74) is 27.3. The van der Waals surface area contributed by atoms with Crippen LogP contribution in [-0.4, -0.2) is 76.3 Å². The molecule has 11 N–H and O–H groups in total. The Morgan fingerprint density at radius 1 is 0.825 bits per heavy atom. The van der Waals surface area contributed by atoms with Crippen molar-refractivity contribution in [2.24, 2.45) is 22.9 Å². The number of hydrogen-bond acceptors (Lipinski definition) is 12. The fourth-order valence-electron chi connectivity index (χ4n) is 5.12. The predicted octanol–water partition coefficient (Wildman–Crippen LogP) is 0.611. The number of nitrogens with zero attached hydrogens (tertiary/aromatic N) is 5. The van der Waals surface area contributed by atoms with Crippen molar-refractivity contribution in [3.8, 4) is 5.75 Å². The van der Waals surface area contributed by atoms with Gasteiger partial charge in [0.1, 0.15) is 5.75 Å². The number of nitrogens with one attached hydrogen (secondary N) is 2. The highest BCUT2D eigenvalue weighted by Gasteiger charge is 2.29. The van der Waals surface area contributed by atoms with E-state index in [0.717, 1.165) is 18.4 Å². The summed E-state index contributed by atoms with van der Waals surface area (Å²) in [5, 5.41) is 16.6. The van der Waals surface area contributed by atoms with Crippen LogP contribution in [0, 0.1) is 6.92 Å². The molecule has 0 unspecified atom stereocenters. The highest BCUT2D eigenvalue weighted by Crippen LogP contribution is 2.30. The Kier molecular flexibility index (Phi) is 7.98. The van der Waals surface area contributed by atoms with E-state index in [-0.39, 0.29) is 47.5 Å². The van der Waals surface area contributed by atoms with E-state index in [2.05, 4.69) is 20.6 Å². The number of carbonyl (C=O) groups is 1. The van der Waals surface area contributed by atoms with Gasteiger partial charge in [-0.15, -0.1) is 0 Å². The summed E-state index contributed by atoms with van der Waals surface area (Å²) < 4.78 is 0. The lowest BCUT2D eigenvalue weighted by atomic mass is 10.0. The van der Waals surface area contributed by atoms with Crippen molar-refractivity contribution < 1.29 is 9.90 Å². The molecule has 2 aliphatic heterocycles. The molecule has 0 saturated carbocycles. The molecule has 13 nitrogen and oxygen atoms in total. The maximum absolute atomic E-state index is 12.6. The SMILES string of the molecule is Cc1ccc(C(=O)Nc2ccc(Nc3nc(N4C[C@H](N)C[C@H](N)C4)nc(N4C[C@H](N)C[C@H](N)C4)n3)cc2O)cc1. The van der Waals surface area contributed by atoms with Crippen LogP contribution < -0.4 is 43.4 Å². The van der Waals surface area contributed by atoms with Crippen LogP contribution in [0.4, 0.5) is 29.2 Å². The summed E-state index contributed by atoms with van der Waals surface area (Å²) in [5.74, 6) is 0.727. The lowest BCUT2D eigenvalue weighted by molar-refractivity contribution is 0.102. The number of aromatic nitrogens is 3. The van der Waals surface area contributed by atoms with Crippen LogP contribution in [0.1, 0.15) is 28.8 Å². The van der Waals surface area contributed by atoms with Gasteiger partial charge in [0.05, 0.1) is 5.69 Å². The van der Waals surface area contributed by atoms with Crippen LogP contribution in [0.5, 0.6) is 5.75 Å². The molecule has 1 amide bonds. The minimum Gasteiger partial charge on any atom is -0.506 e. The molecular weight excluding hydrogens is 510 g/mol. The Hall–Kier alpha value is -4.04. The number of benzene rings is 2. The number of rotatable bonds is 6. The Morgan fingerprint density at radius 3 is 1.85 bits per heavy atom. The summed E-state index contributed by atoms with van der Waals surface area (Å²) in [6, 6.07) is 11.6. The fraction of sp³-hybridized carbons (Fsp3) is 0.407. The van der Waals surface area contributed by atoms with Crippen molar-refractivity contribution in [3.05, 3.63) is 53.6 Å². The fourth-order valence-corrected chi connectivity index (χ4v) is 5.12. The minimum atomic E-state index is -0.321. The van der Waals surface area contributed by atoms with Gasteiger partial charge >= 0.3 is 0 Å². The van der Waals surface area contributed by atoms with Gasteiger partial charge in [-0.1, -0.05) is 17.7 Å². The molecule has 3 aromatic rings. The standard InChI is InChI=1S/C27H37N11O2/c1-15-2-4-16(5-3-15)24(40)33-22-7-6-21(10-23(22)39)32-25-34-26(37-11-17(28)8-18(29)12-37)36-27(35-25)38-13-19(30)9-20(31)14-38/h2-7,10,17-20,39H,8-9,11-14,28-31H2,1H3,(H,33,40)(H,32,34,35,36)/t17-,18+,19-,20+. The zero-order valence-corrected chi connectivity index (χ0v) is 22.5. The Labute approximate surface area is 233 Å². The van der Waals surface area contributed by atoms with Gasteiger partial charge in [0.25, 0.3) is 5.91 Å². The topological polar surface area (TPSA) is 211 Å². The molecule has 0 aliphatic carbocycles. The molecule has 0 spiro atoms. The number of hydrogen-bond donors (Lipinski definition) is 7. The maximum atomic E-state index is 12.6. The van der Waals surface area contributed by atoms with Gasteiger partial charge in [-0.3, -0.25) is 4.79 Å². The van der Waals surface area contributed by atoms with Crippen molar-refractivity contribution >= 4 is 35.1 Å². The summed E-state index contributed by atoms with van der Waals surface area (Å²) in [6.07, 6.45) is 1.45. The van der Waals surface area contributed by atoms with Crippen LogP contribution in [0.2, 0.25) is 0 Å². The molecule has 40 heavy (non-hydrogen) atoms. The second kappa shape index (κ2) is 11.6. The van der Waals surface area contributed by atoms with Gasteiger partial charge in [0.2, 0.25) is 17.8 Å². The quantitative estimate of drug-likeness (QED) is 0.212. The first-order valence-electron chi connectivity index (χ1n) is 13.4. The molecule has 2 aromatic carbocycles. The average Bonchev–Trinajstić information content (AvgIpc) is 2.89. The molecule has 5 rings (SSSR count). The largest absolute Gasteiger partial charge is 0.506 e. The third-order valence-corrected chi connectivity index (χ3v) is 7.02. The molecule has 13 heteroatoms. The average molecular weight is 548 g/mol. The molecule has 2 fully saturated rings. The van der Waals surface area contributed by atoms with E-state index < -0.39 is 0 Å². The Bertz CT molecular complexity index is 1290. The molecule has 0 bridgehead atoms. The smallest absolute Gasteiger partial charge is 0.255 e. The summed E-state index contributed by atoms with van der Waals surface area (Å²) in [4.78, 5) is 30.5. The zero-order chi connectivity index (χ0) is 28.4. The van der Waals surface area contributed by atoms with E-state index in [1.54, 1.807) is 24.3 Å². The first-order chi connectivity index (χ1) is 19.1. The van der Waals surface area contributed by atoms with E-state index in [4.69, 9.17) is 27.9 Å². The van der Waals surface area contributed by atoms with Crippen LogP contribution in [0.25, 0.3) is 0 Å². The summed E-state index contributed by atoms with van der Waals surface area (Å²) in [7, 11) is 0. The van der Waals surface area contributed by atoms with Crippen molar-refractivity contribution in [1.29, 1.82) is 0 Å². The van der Waals surface area contributed by atoms with E-state index in [0.29, 0.717) is 49.3 Å². The molecule has 212 valence electrons. The molecule has 1 aromatic heterocycles. The van der Waals surface area contributed by atoms with E-state index in [1.165, 1.54) is 6.07 Å². The van der Waals surface area contributed by atoms with Gasteiger partial charge in [-0.2, -0.15) is 15.0 Å². The molecule has 4 atom stereocenters. The number of phenolic OH excluding ortho intramolecular Hbond substituents is 1. The van der Waals surface area contributed by atoms with Crippen molar-refractivity contribution in [2.75, 3.05) is 46.6 Å². The number of piperidine rings is 2. The predicted molar refractivity (Wildman–Crippen MR) is 156 cm³/mol. The summed E-state index contributed by atoms with van der Waals surface area (Å²) >= 11 is 0. The third-order valence-electron chi connectivity index (χ3n) is 7.02. The Morgan fingerprint density at radius 2 is 1.35 bits per heavy atom. The zero-order valence-electron chi connectivity index (χ0n) is 22.5. The number of phenols is 1. The second-order valence-corrected chi connectivity index (χ2v) is 10.8. The van der Waals surface area contributed by atoms with Crippen LogP contribution >= 0.6 is 0 Å². The first kappa shape index (κ1) is 27.5.